The number of nitrogens with one attached hydrogen (secondary N) is 1. The fourth-order valence-corrected chi connectivity index (χ4v) is 1.50. The summed E-state index contributed by atoms with van der Waals surface area (Å²) >= 11 is 0. The number of aromatic nitrogens is 3. The molecule has 1 unspecified atom stereocenters. The van der Waals surface area contributed by atoms with E-state index in [0.29, 0.717) is 0 Å². The second-order valence-corrected chi connectivity index (χ2v) is 3.95. The van der Waals surface area contributed by atoms with Crippen LogP contribution in [-0.2, 0) is 13.5 Å². The van der Waals surface area contributed by atoms with Gasteiger partial charge in [-0.1, -0.05) is 18.2 Å². The van der Waals surface area contributed by atoms with Gasteiger partial charge >= 0.3 is 0 Å². The second kappa shape index (κ2) is 4.37. The molecule has 1 atom stereocenters. The van der Waals surface area contributed by atoms with E-state index < -0.39 is 0 Å². The average Bonchev–Trinajstić information content (AvgIpc) is 2.51. The molecule has 0 aliphatic rings. The molecule has 0 amide bonds. The van der Waals surface area contributed by atoms with Crippen molar-refractivity contribution in [2.24, 2.45) is 12.5 Å². The zero-order valence-corrected chi connectivity index (χ0v) is 9.12. The summed E-state index contributed by atoms with van der Waals surface area (Å²) in [7, 11) is 3.82. The normalized spacial score (nSPS) is 15.1. The minimum atomic E-state index is 0.0464. The van der Waals surface area contributed by atoms with Crippen LogP contribution >= 0.6 is 0 Å². The first kappa shape index (κ1) is 10.9. The topological polar surface area (TPSA) is 42.7 Å². The molecule has 0 aliphatic heterocycles. The Kier molecular flexibility index (Phi) is 3.41. The Morgan fingerprint density at radius 2 is 2.43 bits per heavy atom. The van der Waals surface area contributed by atoms with Gasteiger partial charge in [0.1, 0.15) is 0 Å². The third kappa shape index (κ3) is 2.67. The highest BCUT2D eigenvalue weighted by Crippen LogP contribution is 2.21. The van der Waals surface area contributed by atoms with Crippen LogP contribution in [-0.4, -0.2) is 28.6 Å². The molecule has 1 aromatic rings. The van der Waals surface area contributed by atoms with Gasteiger partial charge in [-0.2, -0.15) is 0 Å². The maximum absolute atomic E-state index is 4.07. The summed E-state index contributed by atoms with van der Waals surface area (Å²) < 4.78 is 1.72. The van der Waals surface area contributed by atoms with Crippen LogP contribution in [0.2, 0.25) is 0 Å². The minimum Gasteiger partial charge on any atom is -0.319 e. The van der Waals surface area contributed by atoms with Gasteiger partial charge in [-0.3, -0.25) is 4.68 Å². The van der Waals surface area contributed by atoms with E-state index in [4.69, 9.17) is 0 Å². The SMILES string of the molecule is C=CC(C)(CNC)Cc1cn(C)nn1. The maximum atomic E-state index is 4.07. The lowest BCUT2D eigenvalue weighted by Crippen LogP contribution is -2.29. The molecular formula is C10H18N4. The molecular weight excluding hydrogens is 176 g/mol. The van der Waals surface area contributed by atoms with Gasteiger partial charge in [0.25, 0.3) is 0 Å². The molecule has 1 aromatic heterocycles. The summed E-state index contributed by atoms with van der Waals surface area (Å²) in [5.41, 5.74) is 1.05. The van der Waals surface area contributed by atoms with Gasteiger partial charge in [0, 0.05) is 31.6 Å². The average molecular weight is 194 g/mol. The van der Waals surface area contributed by atoms with Crippen molar-refractivity contribution < 1.29 is 0 Å². The lowest BCUT2D eigenvalue weighted by molar-refractivity contribution is 0.402. The highest BCUT2D eigenvalue weighted by atomic mass is 15.4. The molecule has 1 N–H and O–H groups in total. The second-order valence-electron chi connectivity index (χ2n) is 3.95. The fourth-order valence-electron chi connectivity index (χ4n) is 1.50. The largest absolute Gasteiger partial charge is 0.319 e. The number of aryl methyl sites for hydroxylation is 1. The molecule has 0 saturated heterocycles. The monoisotopic (exact) mass is 194 g/mol. The van der Waals surface area contributed by atoms with E-state index in [1.807, 2.05) is 26.4 Å². The Hall–Kier alpha value is -1.16. The van der Waals surface area contributed by atoms with E-state index in [1.165, 1.54) is 0 Å². The lowest BCUT2D eigenvalue weighted by Gasteiger charge is -2.23. The first-order chi connectivity index (χ1) is 6.59. The number of hydrogen-bond donors (Lipinski definition) is 1. The van der Waals surface area contributed by atoms with Crippen molar-refractivity contribution in [1.29, 1.82) is 0 Å². The molecule has 1 rings (SSSR count). The quantitative estimate of drug-likeness (QED) is 0.704. The first-order valence-corrected chi connectivity index (χ1v) is 4.73. The van der Waals surface area contributed by atoms with E-state index >= 15 is 0 Å². The van der Waals surface area contributed by atoms with E-state index in [1.54, 1.807) is 4.68 Å². The molecule has 0 radical (unpaired) electrons. The number of nitrogens with zero attached hydrogens (tertiary/aromatic N) is 3. The van der Waals surface area contributed by atoms with Crippen molar-refractivity contribution in [3.8, 4) is 0 Å². The van der Waals surface area contributed by atoms with Gasteiger partial charge < -0.3 is 5.32 Å². The zero-order valence-electron chi connectivity index (χ0n) is 9.12. The molecule has 0 saturated carbocycles. The van der Waals surface area contributed by atoms with E-state index in [0.717, 1.165) is 18.7 Å². The van der Waals surface area contributed by atoms with Crippen LogP contribution in [0.1, 0.15) is 12.6 Å². The highest BCUT2D eigenvalue weighted by Gasteiger charge is 2.21. The Morgan fingerprint density at radius 1 is 1.71 bits per heavy atom. The summed E-state index contributed by atoms with van der Waals surface area (Å²) in [5.74, 6) is 0. The summed E-state index contributed by atoms with van der Waals surface area (Å²) in [6.45, 7) is 6.91. The van der Waals surface area contributed by atoms with Gasteiger partial charge in [-0.05, 0) is 7.05 Å². The van der Waals surface area contributed by atoms with Crippen LogP contribution in [0.15, 0.2) is 18.9 Å². The molecule has 0 aromatic carbocycles. The van der Waals surface area contributed by atoms with E-state index in [-0.39, 0.29) is 5.41 Å². The Labute approximate surface area is 85.0 Å². The molecule has 14 heavy (non-hydrogen) atoms. The lowest BCUT2D eigenvalue weighted by atomic mass is 9.86. The maximum Gasteiger partial charge on any atom is 0.0836 e. The van der Waals surface area contributed by atoms with Gasteiger partial charge in [0.15, 0.2) is 0 Å². The molecule has 0 spiro atoms. The molecule has 0 bridgehead atoms. The van der Waals surface area contributed by atoms with Crippen molar-refractivity contribution in [1.82, 2.24) is 20.3 Å². The Balaban J connectivity index is 2.69. The Bertz CT molecular complexity index is 305. The summed E-state index contributed by atoms with van der Waals surface area (Å²) in [4.78, 5) is 0. The third-order valence-corrected chi connectivity index (χ3v) is 2.31. The summed E-state index contributed by atoms with van der Waals surface area (Å²) in [6, 6.07) is 0. The third-order valence-electron chi connectivity index (χ3n) is 2.31. The van der Waals surface area contributed by atoms with Crippen LogP contribution in [0.5, 0.6) is 0 Å². The summed E-state index contributed by atoms with van der Waals surface area (Å²) in [6.07, 6.45) is 4.78. The van der Waals surface area contributed by atoms with Gasteiger partial charge in [0.05, 0.1) is 5.69 Å². The van der Waals surface area contributed by atoms with Crippen molar-refractivity contribution in [2.45, 2.75) is 13.3 Å². The van der Waals surface area contributed by atoms with Crippen molar-refractivity contribution in [2.75, 3.05) is 13.6 Å². The zero-order chi connectivity index (χ0) is 10.6. The van der Waals surface area contributed by atoms with Crippen LogP contribution in [0.25, 0.3) is 0 Å². The van der Waals surface area contributed by atoms with E-state index in [9.17, 15) is 0 Å². The molecule has 78 valence electrons. The van der Waals surface area contributed by atoms with Gasteiger partial charge in [0.2, 0.25) is 0 Å². The molecule has 4 nitrogen and oxygen atoms in total. The molecule has 0 fully saturated rings. The van der Waals surface area contributed by atoms with Crippen LogP contribution < -0.4 is 5.32 Å². The Morgan fingerprint density at radius 3 is 2.86 bits per heavy atom. The fraction of sp³-hybridized carbons (Fsp3) is 0.600. The van der Waals surface area contributed by atoms with Crippen molar-refractivity contribution >= 4 is 0 Å². The van der Waals surface area contributed by atoms with Gasteiger partial charge in [-0.15, -0.1) is 11.7 Å². The minimum absolute atomic E-state index is 0.0464. The van der Waals surface area contributed by atoms with E-state index in [2.05, 4.69) is 29.1 Å². The van der Waals surface area contributed by atoms with Crippen LogP contribution in [0.4, 0.5) is 0 Å². The molecule has 0 aliphatic carbocycles. The van der Waals surface area contributed by atoms with Gasteiger partial charge in [-0.25, -0.2) is 0 Å². The predicted octanol–water partition coefficient (Wildman–Crippen LogP) is 0.769. The summed E-state index contributed by atoms with van der Waals surface area (Å²) in [5, 5.41) is 11.1. The molecule has 4 heteroatoms. The van der Waals surface area contributed by atoms with Crippen molar-refractivity contribution in [3.63, 3.8) is 0 Å². The standard InChI is InChI=1S/C10H18N4/c1-5-10(2,8-11-3)6-9-7-14(4)13-12-9/h5,7,11H,1,6,8H2,2-4H3. The van der Waals surface area contributed by atoms with Crippen LogP contribution in [0, 0.1) is 5.41 Å². The predicted molar refractivity (Wildman–Crippen MR) is 56.9 cm³/mol. The van der Waals surface area contributed by atoms with Crippen LogP contribution in [0.3, 0.4) is 0 Å². The smallest absolute Gasteiger partial charge is 0.0836 e. The number of hydrogen-bond acceptors (Lipinski definition) is 3. The highest BCUT2D eigenvalue weighted by molar-refractivity contribution is 5.04. The first-order valence-electron chi connectivity index (χ1n) is 4.73. The number of rotatable bonds is 5. The molecule has 1 heterocycles. The van der Waals surface area contributed by atoms with Crippen molar-refractivity contribution in [3.05, 3.63) is 24.5 Å².